The van der Waals surface area contributed by atoms with Crippen LogP contribution in [0.1, 0.15) is 46.6 Å². The van der Waals surface area contributed by atoms with Crippen molar-refractivity contribution in [1.82, 2.24) is 0 Å². The van der Waals surface area contributed by atoms with Crippen LogP contribution in [0.5, 0.6) is 0 Å². The molecule has 0 fully saturated rings. The number of thiophene rings is 1. The molecule has 1 aromatic carbocycles. The highest BCUT2D eigenvalue weighted by atomic mass is 35.5. The van der Waals surface area contributed by atoms with E-state index in [9.17, 15) is 18.8 Å². The van der Waals surface area contributed by atoms with Gasteiger partial charge in [0.25, 0.3) is 5.91 Å². The molecule has 166 valence electrons. The van der Waals surface area contributed by atoms with E-state index in [1.165, 1.54) is 29.5 Å². The average molecular weight is 468 g/mol. The highest BCUT2D eigenvalue weighted by Crippen LogP contribution is 2.40. The SMILES string of the molecule is CCOC(=O)c1c(NC(=O)COC(=O)Cc2c(F)cccc2Cl)sc2c1CC[C@@H](C)C2. The fraction of sp³-hybridized carbons (Fsp3) is 0.409. The van der Waals surface area contributed by atoms with Gasteiger partial charge in [-0.05, 0) is 49.8 Å². The first-order valence-electron chi connectivity index (χ1n) is 10.00. The van der Waals surface area contributed by atoms with Crippen molar-refractivity contribution in [3.05, 3.63) is 50.6 Å². The van der Waals surface area contributed by atoms with Crippen molar-refractivity contribution in [2.45, 2.75) is 39.5 Å². The molecule has 6 nitrogen and oxygen atoms in total. The van der Waals surface area contributed by atoms with Crippen molar-refractivity contribution in [3.8, 4) is 0 Å². The second-order valence-electron chi connectivity index (χ2n) is 7.36. The second kappa shape index (κ2) is 10.2. The maximum absolute atomic E-state index is 13.8. The number of fused-ring (bicyclic) bond motifs is 1. The van der Waals surface area contributed by atoms with Crippen LogP contribution in [0.2, 0.25) is 5.02 Å². The molecule has 1 N–H and O–H groups in total. The molecule has 3 rings (SSSR count). The summed E-state index contributed by atoms with van der Waals surface area (Å²) >= 11 is 7.26. The number of esters is 2. The predicted octanol–water partition coefficient (Wildman–Crippen LogP) is 4.57. The molecule has 0 saturated heterocycles. The van der Waals surface area contributed by atoms with Crippen LogP contribution < -0.4 is 5.32 Å². The fourth-order valence-corrected chi connectivity index (χ4v) is 5.11. The Balaban J connectivity index is 1.66. The number of benzene rings is 1. The van der Waals surface area contributed by atoms with Crippen molar-refractivity contribution in [1.29, 1.82) is 0 Å². The molecule has 1 heterocycles. The lowest BCUT2D eigenvalue weighted by Crippen LogP contribution is -2.22. The molecule has 0 spiro atoms. The third-order valence-electron chi connectivity index (χ3n) is 4.99. The molecule has 31 heavy (non-hydrogen) atoms. The molecule has 1 aromatic heterocycles. The van der Waals surface area contributed by atoms with E-state index in [1.54, 1.807) is 6.92 Å². The van der Waals surface area contributed by atoms with Gasteiger partial charge in [0.1, 0.15) is 10.8 Å². The molecule has 0 bridgehead atoms. The van der Waals surface area contributed by atoms with Gasteiger partial charge in [0.05, 0.1) is 18.6 Å². The normalized spacial score (nSPS) is 15.2. The summed E-state index contributed by atoms with van der Waals surface area (Å²) in [6, 6.07) is 4.09. The van der Waals surface area contributed by atoms with Crippen molar-refractivity contribution < 1.29 is 28.2 Å². The van der Waals surface area contributed by atoms with E-state index < -0.39 is 36.7 Å². The zero-order valence-corrected chi connectivity index (χ0v) is 18.8. The molecular weight excluding hydrogens is 445 g/mol. The molecule has 1 amide bonds. The Hall–Kier alpha value is -2.45. The Labute approximate surface area is 188 Å². The van der Waals surface area contributed by atoms with Crippen molar-refractivity contribution in [3.63, 3.8) is 0 Å². The number of carbonyl (C=O) groups is 3. The van der Waals surface area contributed by atoms with Gasteiger partial charge in [0.15, 0.2) is 6.61 Å². The lowest BCUT2D eigenvalue weighted by molar-refractivity contribution is -0.146. The van der Waals surface area contributed by atoms with Gasteiger partial charge in [-0.2, -0.15) is 0 Å². The minimum Gasteiger partial charge on any atom is -0.462 e. The molecule has 9 heteroatoms. The number of hydrogen-bond acceptors (Lipinski definition) is 6. The predicted molar refractivity (Wildman–Crippen MR) is 116 cm³/mol. The Morgan fingerprint density at radius 3 is 2.77 bits per heavy atom. The Morgan fingerprint density at radius 2 is 2.06 bits per heavy atom. The van der Waals surface area contributed by atoms with Crippen molar-refractivity contribution >= 4 is 45.8 Å². The van der Waals surface area contributed by atoms with Gasteiger partial charge in [-0.25, -0.2) is 9.18 Å². The third kappa shape index (κ3) is 5.62. The summed E-state index contributed by atoms with van der Waals surface area (Å²) in [5.74, 6) is -1.98. The molecule has 0 saturated carbocycles. The maximum Gasteiger partial charge on any atom is 0.341 e. The average Bonchev–Trinajstić information content (AvgIpc) is 3.06. The van der Waals surface area contributed by atoms with Crippen molar-refractivity contribution in [2.75, 3.05) is 18.5 Å². The van der Waals surface area contributed by atoms with Crippen LogP contribution in [0, 0.1) is 11.7 Å². The molecule has 1 atom stereocenters. The summed E-state index contributed by atoms with van der Waals surface area (Å²) in [6.45, 7) is 3.53. The second-order valence-corrected chi connectivity index (χ2v) is 8.87. The number of anilines is 1. The zero-order chi connectivity index (χ0) is 22.5. The van der Waals surface area contributed by atoms with E-state index in [0.29, 0.717) is 16.5 Å². The summed E-state index contributed by atoms with van der Waals surface area (Å²) in [4.78, 5) is 38.0. The smallest absolute Gasteiger partial charge is 0.341 e. The minimum atomic E-state index is -0.785. The van der Waals surface area contributed by atoms with E-state index in [-0.39, 0.29) is 17.2 Å². The number of rotatable bonds is 7. The number of hydrogen-bond donors (Lipinski definition) is 1. The van der Waals surface area contributed by atoms with Crippen LogP contribution in [0.4, 0.5) is 9.39 Å². The van der Waals surface area contributed by atoms with E-state index in [2.05, 4.69) is 12.2 Å². The molecule has 0 unspecified atom stereocenters. The van der Waals surface area contributed by atoms with E-state index in [4.69, 9.17) is 21.1 Å². The number of nitrogens with one attached hydrogen (secondary N) is 1. The molecule has 1 aliphatic carbocycles. The minimum absolute atomic E-state index is 0.0132. The molecule has 1 aliphatic rings. The van der Waals surface area contributed by atoms with Gasteiger partial charge in [-0.1, -0.05) is 24.6 Å². The number of ether oxygens (including phenoxy) is 2. The first-order valence-corrected chi connectivity index (χ1v) is 11.2. The van der Waals surface area contributed by atoms with Gasteiger partial charge in [0, 0.05) is 15.5 Å². The highest BCUT2D eigenvalue weighted by Gasteiger charge is 2.29. The van der Waals surface area contributed by atoms with Gasteiger partial charge in [-0.3, -0.25) is 9.59 Å². The third-order valence-corrected chi connectivity index (χ3v) is 6.52. The Bertz CT molecular complexity index is 986. The summed E-state index contributed by atoms with van der Waals surface area (Å²) in [5.41, 5.74) is 1.31. The summed E-state index contributed by atoms with van der Waals surface area (Å²) in [6.07, 6.45) is 2.15. The largest absolute Gasteiger partial charge is 0.462 e. The van der Waals surface area contributed by atoms with Gasteiger partial charge in [0.2, 0.25) is 0 Å². The monoisotopic (exact) mass is 467 g/mol. The first-order chi connectivity index (χ1) is 14.8. The number of carbonyl (C=O) groups excluding carboxylic acids is 3. The quantitative estimate of drug-likeness (QED) is 0.603. The van der Waals surface area contributed by atoms with Crippen LogP contribution in [0.25, 0.3) is 0 Å². The Morgan fingerprint density at radius 1 is 1.29 bits per heavy atom. The van der Waals surface area contributed by atoms with Crippen LogP contribution >= 0.6 is 22.9 Å². The Kier molecular flexibility index (Phi) is 7.67. The molecular formula is C22H23ClFNO5S. The van der Waals surface area contributed by atoms with Crippen LogP contribution in [-0.2, 0) is 38.3 Å². The van der Waals surface area contributed by atoms with Crippen LogP contribution in [-0.4, -0.2) is 31.1 Å². The van der Waals surface area contributed by atoms with E-state index in [1.807, 2.05) is 0 Å². The molecule has 0 radical (unpaired) electrons. The fourth-order valence-electron chi connectivity index (χ4n) is 3.46. The van der Waals surface area contributed by atoms with E-state index >= 15 is 0 Å². The van der Waals surface area contributed by atoms with Gasteiger partial charge >= 0.3 is 11.9 Å². The van der Waals surface area contributed by atoms with Gasteiger partial charge in [-0.15, -0.1) is 11.3 Å². The molecule has 2 aromatic rings. The topological polar surface area (TPSA) is 81.7 Å². The lowest BCUT2D eigenvalue weighted by atomic mass is 9.88. The first kappa shape index (κ1) is 23.2. The standard InChI is InChI=1S/C22H23ClFNO5S/c1-3-29-22(28)20-13-8-7-12(2)9-17(13)31-21(20)25-18(26)11-30-19(27)10-14-15(23)5-4-6-16(14)24/h4-6,12H,3,7-11H2,1-2H3,(H,25,26)/t12-/m1/s1. The summed E-state index contributed by atoms with van der Waals surface area (Å²) in [5, 5.41) is 3.17. The summed E-state index contributed by atoms with van der Waals surface area (Å²) < 4.78 is 23.9. The zero-order valence-electron chi connectivity index (χ0n) is 17.3. The lowest BCUT2D eigenvalue weighted by Gasteiger charge is -2.18. The number of halogens is 2. The molecule has 0 aliphatic heterocycles. The van der Waals surface area contributed by atoms with E-state index in [0.717, 1.165) is 29.7 Å². The van der Waals surface area contributed by atoms with Crippen LogP contribution in [0.15, 0.2) is 18.2 Å². The highest BCUT2D eigenvalue weighted by molar-refractivity contribution is 7.17. The van der Waals surface area contributed by atoms with Crippen LogP contribution in [0.3, 0.4) is 0 Å². The number of amides is 1. The van der Waals surface area contributed by atoms with Gasteiger partial charge < -0.3 is 14.8 Å². The maximum atomic E-state index is 13.8. The summed E-state index contributed by atoms with van der Waals surface area (Å²) in [7, 11) is 0. The van der Waals surface area contributed by atoms with Crippen molar-refractivity contribution in [2.24, 2.45) is 5.92 Å².